The van der Waals surface area contributed by atoms with Gasteiger partial charge < -0.3 is 14.3 Å². The van der Waals surface area contributed by atoms with Crippen LogP contribution in [-0.2, 0) is 9.53 Å². The van der Waals surface area contributed by atoms with Crippen LogP contribution in [0.2, 0.25) is 0 Å². The summed E-state index contributed by atoms with van der Waals surface area (Å²) in [4.78, 5) is 12.6. The van der Waals surface area contributed by atoms with Crippen molar-refractivity contribution in [3.8, 4) is 0 Å². The number of aliphatic hydroxyl groups excluding tert-OH is 1. The monoisotopic (exact) mass is 332 g/mol. The van der Waals surface area contributed by atoms with E-state index in [4.69, 9.17) is 4.74 Å². The van der Waals surface area contributed by atoms with Crippen molar-refractivity contribution in [1.29, 1.82) is 0 Å². The summed E-state index contributed by atoms with van der Waals surface area (Å²) in [5.74, 6) is -0.856. The molecule has 0 radical (unpaired) electrons. The second kappa shape index (κ2) is 6.85. The van der Waals surface area contributed by atoms with Crippen LogP contribution in [0.4, 0.5) is 0 Å². The number of benzene rings is 1. The summed E-state index contributed by atoms with van der Waals surface area (Å²) in [6.07, 6.45) is 4.36. The first-order chi connectivity index (χ1) is 11.5. The van der Waals surface area contributed by atoms with Crippen LogP contribution in [0.15, 0.2) is 30.3 Å². The molecule has 0 spiro atoms. The summed E-state index contributed by atoms with van der Waals surface area (Å²) in [5, 5.41) is 9.65. The molecule has 3 rings (SSSR count). The normalized spacial score (nSPS) is 33.5. The first kappa shape index (κ1) is 17.4. The molecule has 2 heterocycles. The predicted octanol–water partition coefficient (Wildman–Crippen LogP) is 2.85. The quantitative estimate of drug-likeness (QED) is 0.666. The minimum absolute atomic E-state index is 0.00212. The third kappa shape index (κ3) is 2.98. The van der Waals surface area contributed by atoms with Crippen LogP contribution in [0.3, 0.4) is 0 Å². The molecule has 4 nitrogen and oxygen atoms in total. The molecular weight excluding hydrogens is 302 g/mol. The van der Waals surface area contributed by atoms with E-state index in [1.54, 1.807) is 0 Å². The summed E-state index contributed by atoms with van der Waals surface area (Å²) in [7, 11) is 2.37. The number of esters is 1. The van der Waals surface area contributed by atoms with E-state index in [1.807, 2.05) is 30.3 Å². The molecule has 1 N–H and O–H groups in total. The van der Waals surface area contributed by atoms with Gasteiger partial charge in [-0.3, -0.25) is 4.79 Å². The van der Waals surface area contributed by atoms with E-state index in [0.29, 0.717) is 18.1 Å². The van der Waals surface area contributed by atoms with Crippen molar-refractivity contribution in [2.45, 2.75) is 69.7 Å². The lowest BCUT2D eigenvalue weighted by atomic mass is 9.94. The lowest BCUT2D eigenvalue weighted by molar-refractivity contribution is -0.968. The molecule has 2 aliphatic rings. The first-order valence-corrected chi connectivity index (χ1v) is 9.18. The molecule has 1 aromatic carbocycles. The number of carbonyl (C=O) groups excluding carboxylic acids is 1. The minimum Gasteiger partial charge on any atom is -0.461 e. The van der Waals surface area contributed by atoms with Crippen molar-refractivity contribution in [3.63, 3.8) is 0 Å². The number of carbonyl (C=O) groups is 1. The lowest BCUT2D eigenvalue weighted by Crippen LogP contribution is -2.62. The Labute approximate surface area is 145 Å². The van der Waals surface area contributed by atoms with Crippen molar-refractivity contribution in [2.75, 3.05) is 13.7 Å². The second-order valence-electron chi connectivity index (χ2n) is 7.88. The van der Waals surface area contributed by atoms with Crippen LogP contribution in [0.5, 0.6) is 0 Å². The predicted molar refractivity (Wildman–Crippen MR) is 93.5 cm³/mol. The molecule has 132 valence electrons. The molecule has 24 heavy (non-hydrogen) atoms. The Morgan fingerprint density at radius 3 is 2.29 bits per heavy atom. The van der Waals surface area contributed by atoms with Gasteiger partial charge >= 0.3 is 5.97 Å². The molecule has 0 aliphatic carbocycles. The Bertz CT molecular complexity index is 558. The van der Waals surface area contributed by atoms with Gasteiger partial charge in [0, 0.05) is 25.7 Å². The van der Waals surface area contributed by atoms with E-state index in [2.05, 4.69) is 20.9 Å². The highest BCUT2D eigenvalue weighted by molar-refractivity contribution is 5.78. The van der Waals surface area contributed by atoms with E-state index in [-0.39, 0.29) is 18.7 Å². The van der Waals surface area contributed by atoms with Gasteiger partial charge in [-0.05, 0) is 19.4 Å². The molecule has 3 unspecified atom stereocenters. The van der Waals surface area contributed by atoms with Crippen molar-refractivity contribution in [3.05, 3.63) is 35.9 Å². The second-order valence-corrected chi connectivity index (χ2v) is 7.88. The van der Waals surface area contributed by atoms with Gasteiger partial charge in [0.2, 0.25) is 0 Å². The Kier molecular flexibility index (Phi) is 4.97. The SMILES string of the molecule is CC(C)[N@+]1(C)C2CCC1C[C@H](OC(=O)C(CO)c1ccccc1)C2. The van der Waals surface area contributed by atoms with E-state index in [9.17, 15) is 9.90 Å². The molecule has 0 aromatic heterocycles. The summed E-state index contributed by atoms with van der Waals surface area (Å²) < 4.78 is 6.96. The Balaban J connectivity index is 1.66. The molecule has 3 atom stereocenters. The largest absolute Gasteiger partial charge is 0.461 e. The molecule has 4 heteroatoms. The van der Waals surface area contributed by atoms with E-state index in [0.717, 1.165) is 22.9 Å². The number of piperidine rings is 1. The maximum Gasteiger partial charge on any atom is 0.316 e. The lowest BCUT2D eigenvalue weighted by Gasteiger charge is -2.49. The number of aliphatic hydroxyl groups is 1. The molecule has 2 saturated heterocycles. The zero-order valence-electron chi connectivity index (χ0n) is 15.0. The standard InChI is InChI=1S/C20H30NO3/c1-14(2)21(3)16-9-10-17(21)12-18(11-16)24-20(23)19(13-22)15-7-5-4-6-8-15/h4-8,14,16-19,22H,9-13H2,1-3H3/q+1/t16?,17?,18-,19?,21-. The van der Waals surface area contributed by atoms with Crippen LogP contribution in [0.25, 0.3) is 0 Å². The van der Waals surface area contributed by atoms with Crippen LogP contribution < -0.4 is 0 Å². The van der Waals surface area contributed by atoms with Gasteiger partial charge in [0.05, 0.1) is 31.8 Å². The average molecular weight is 332 g/mol. The number of rotatable bonds is 5. The van der Waals surface area contributed by atoms with Crippen LogP contribution in [0.1, 0.15) is 51.0 Å². The summed E-state index contributed by atoms with van der Waals surface area (Å²) in [6.45, 7) is 4.39. The average Bonchev–Trinajstić information content (AvgIpc) is 2.74. The Morgan fingerprint density at radius 1 is 1.21 bits per heavy atom. The van der Waals surface area contributed by atoms with E-state index in [1.165, 1.54) is 12.8 Å². The third-order valence-corrected chi connectivity index (χ3v) is 6.54. The Morgan fingerprint density at radius 2 is 1.79 bits per heavy atom. The summed E-state index contributed by atoms with van der Waals surface area (Å²) >= 11 is 0. The van der Waals surface area contributed by atoms with Gasteiger partial charge in [-0.1, -0.05) is 30.3 Å². The zero-order valence-corrected chi connectivity index (χ0v) is 15.0. The number of ether oxygens (including phenoxy) is 1. The third-order valence-electron chi connectivity index (χ3n) is 6.54. The maximum absolute atomic E-state index is 12.6. The molecule has 2 fully saturated rings. The van der Waals surface area contributed by atoms with Gasteiger partial charge in [-0.15, -0.1) is 0 Å². The van der Waals surface area contributed by atoms with Crippen molar-refractivity contribution in [2.24, 2.45) is 0 Å². The van der Waals surface area contributed by atoms with Gasteiger partial charge in [0.1, 0.15) is 12.0 Å². The van der Waals surface area contributed by atoms with Gasteiger partial charge in [0.25, 0.3) is 0 Å². The van der Waals surface area contributed by atoms with Crippen LogP contribution >= 0.6 is 0 Å². The van der Waals surface area contributed by atoms with E-state index >= 15 is 0 Å². The van der Waals surface area contributed by atoms with Crippen LogP contribution in [0, 0.1) is 0 Å². The fourth-order valence-corrected chi connectivity index (χ4v) is 4.82. The fourth-order valence-electron chi connectivity index (χ4n) is 4.82. The number of hydrogen-bond donors (Lipinski definition) is 1. The maximum atomic E-state index is 12.6. The first-order valence-electron chi connectivity index (χ1n) is 9.18. The van der Waals surface area contributed by atoms with E-state index < -0.39 is 5.92 Å². The molecular formula is C20H30NO3+. The summed E-state index contributed by atoms with van der Waals surface area (Å²) in [5.41, 5.74) is 0.826. The number of nitrogens with zero attached hydrogens (tertiary/aromatic N) is 1. The molecule has 0 amide bonds. The number of fused-ring (bicyclic) bond motifs is 2. The molecule has 2 bridgehead atoms. The molecule has 0 saturated carbocycles. The van der Waals surface area contributed by atoms with Gasteiger partial charge in [-0.25, -0.2) is 0 Å². The zero-order chi connectivity index (χ0) is 17.3. The number of quaternary nitrogens is 1. The smallest absolute Gasteiger partial charge is 0.316 e. The Hall–Kier alpha value is -1.39. The fraction of sp³-hybridized carbons (Fsp3) is 0.650. The van der Waals surface area contributed by atoms with Crippen LogP contribution in [-0.4, -0.2) is 53.4 Å². The van der Waals surface area contributed by atoms with Gasteiger partial charge in [0.15, 0.2) is 0 Å². The topological polar surface area (TPSA) is 46.5 Å². The van der Waals surface area contributed by atoms with Gasteiger partial charge in [-0.2, -0.15) is 0 Å². The highest BCUT2D eigenvalue weighted by Crippen LogP contribution is 2.44. The minimum atomic E-state index is -0.572. The highest BCUT2D eigenvalue weighted by Gasteiger charge is 2.53. The highest BCUT2D eigenvalue weighted by atomic mass is 16.5. The van der Waals surface area contributed by atoms with Crippen molar-refractivity contribution >= 4 is 5.97 Å². The number of hydrogen-bond acceptors (Lipinski definition) is 3. The van der Waals surface area contributed by atoms with Crippen molar-refractivity contribution in [1.82, 2.24) is 0 Å². The van der Waals surface area contributed by atoms with Crippen molar-refractivity contribution < 1.29 is 19.1 Å². The molecule has 1 aromatic rings. The molecule has 2 aliphatic heterocycles. The summed E-state index contributed by atoms with van der Waals surface area (Å²) in [6, 6.07) is 11.2.